The predicted molar refractivity (Wildman–Crippen MR) is 75.2 cm³/mol. The van der Waals surface area contributed by atoms with Crippen LogP contribution in [0.25, 0.3) is 0 Å². The molecule has 102 valence electrons. The lowest BCUT2D eigenvalue weighted by Crippen LogP contribution is -2.23. The van der Waals surface area contributed by atoms with Gasteiger partial charge in [-0.25, -0.2) is 0 Å². The lowest BCUT2D eigenvalue weighted by atomic mass is 10.2. The molecule has 0 fully saturated rings. The number of rotatable bonds is 4. The van der Waals surface area contributed by atoms with Gasteiger partial charge in [-0.1, -0.05) is 0 Å². The number of nitrogen functional groups attached to an aromatic ring is 1. The first-order valence-electron chi connectivity index (χ1n) is 5.68. The van der Waals surface area contributed by atoms with E-state index in [0.717, 1.165) is 10.6 Å². The van der Waals surface area contributed by atoms with E-state index in [1.807, 2.05) is 25.2 Å². The zero-order valence-corrected chi connectivity index (χ0v) is 11.9. The Morgan fingerprint density at radius 1 is 1.63 bits per heavy atom. The molecule has 0 unspecified atom stereocenters. The molecule has 2 rings (SSSR count). The van der Waals surface area contributed by atoms with Gasteiger partial charge in [-0.15, -0.1) is 0 Å². The summed E-state index contributed by atoms with van der Waals surface area (Å²) < 4.78 is 5.79. The molecule has 7 nitrogen and oxygen atoms in total. The molecule has 0 bridgehead atoms. The van der Waals surface area contributed by atoms with Crippen molar-refractivity contribution >= 4 is 28.3 Å². The fourth-order valence-corrected chi connectivity index (χ4v) is 2.56. The molecule has 2 heterocycles. The number of nitrogens with two attached hydrogens (primary N) is 1. The number of anilines is 2. The minimum atomic E-state index is -0.223. The Balaban J connectivity index is 2.24. The van der Waals surface area contributed by atoms with E-state index in [9.17, 15) is 4.79 Å². The van der Waals surface area contributed by atoms with Gasteiger partial charge in [0.25, 0.3) is 5.91 Å². The lowest BCUT2D eigenvalue weighted by molar-refractivity contribution is 0.0964. The van der Waals surface area contributed by atoms with Gasteiger partial charge in [-0.05, 0) is 11.5 Å². The Labute approximate surface area is 115 Å². The number of amides is 1. The van der Waals surface area contributed by atoms with Crippen LogP contribution in [0.3, 0.4) is 0 Å². The van der Waals surface area contributed by atoms with Crippen molar-refractivity contribution in [2.24, 2.45) is 7.05 Å². The highest BCUT2D eigenvalue weighted by molar-refractivity contribution is 7.11. The molecule has 2 aromatic heterocycles. The van der Waals surface area contributed by atoms with Gasteiger partial charge in [0, 0.05) is 39.4 Å². The molecular weight excluding hydrogens is 264 g/mol. The van der Waals surface area contributed by atoms with Crippen LogP contribution in [-0.4, -0.2) is 34.2 Å². The number of aryl methyl sites for hydroxylation is 1. The first-order valence-corrected chi connectivity index (χ1v) is 6.46. The maximum Gasteiger partial charge on any atom is 0.257 e. The highest BCUT2D eigenvalue weighted by atomic mass is 32.1. The van der Waals surface area contributed by atoms with E-state index in [1.165, 1.54) is 11.5 Å². The minimum absolute atomic E-state index is 0.223. The standard InChI is InChI=1S/C11H16N6OS/c1-13-10(18)8-9(12)15-19-11(8)16(2)5-7-4-14-17(3)6-7/h4,6H,5H2,1-3H3,(H2,12,15)(H,13,18). The molecule has 0 aliphatic carbocycles. The molecule has 0 saturated heterocycles. The van der Waals surface area contributed by atoms with Gasteiger partial charge in [0.2, 0.25) is 0 Å². The van der Waals surface area contributed by atoms with Crippen molar-refractivity contribution in [3.63, 3.8) is 0 Å². The summed E-state index contributed by atoms with van der Waals surface area (Å²) in [5.41, 5.74) is 7.23. The van der Waals surface area contributed by atoms with Gasteiger partial charge in [0.15, 0.2) is 5.82 Å². The molecule has 3 N–H and O–H groups in total. The number of carbonyl (C=O) groups excluding carboxylic acids is 1. The molecule has 0 radical (unpaired) electrons. The topological polar surface area (TPSA) is 89.1 Å². The average Bonchev–Trinajstić information content (AvgIpc) is 2.94. The van der Waals surface area contributed by atoms with Gasteiger partial charge in [-0.3, -0.25) is 9.48 Å². The van der Waals surface area contributed by atoms with Crippen LogP contribution < -0.4 is 16.0 Å². The second-order valence-electron chi connectivity index (χ2n) is 4.21. The summed E-state index contributed by atoms with van der Waals surface area (Å²) in [6.45, 7) is 0.638. The van der Waals surface area contributed by atoms with E-state index < -0.39 is 0 Å². The summed E-state index contributed by atoms with van der Waals surface area (Å²) in [5.74, 6) is 0.0386. The van der Waals surface area contributed by atoms with Crippen LogP contribution in [0.1, 0.15) is 15.9 Å². The zero-order chi connectivity index (χ0) is 14.0. The molecule has 1 amide bonds. The predicted octanol–water partition coefficient (Wildman–Crippen LogP) is 0.455. The monoisotopic (exact) mass is 280 g/mol. The molecule has 0 atom stereocenters. The molecule has 19 heavy (non-hydrogen) atoms. The van der Waals surface area contributed by atoms with Crippen molar-refractivity contribution in [3.8, 4) is 0 Å². The minimum Gasteiger partial charge on any atom is -0.382 e. The van der Waals surface area contributed by atoms with E-state index in [1.54, 1.807) is 17.9 Å². The number of hydrogen-bond donors (Lipinski definition) is 2. The van der Waals surface area contributed by atoms with Crippen molar-refractivity contribution in [1.29, 1.82) is 0 Å². The quantitative estimate of drug-likeness (QED) is 0.849. The van der Waals surface area contributed by atoms with Gasteiger partial charge in [0.1, 0.15) is 10.6 Å². The molecular formula is C11H16N6OS. The summed E-state index contributed by atoms with van der Waals surface area (Å²) in [6.07, 6.45) is 3.72. The first-order chi connectivity index (χ1) is 9.02. The summed E-state index contributed by atoms with van der Waals surface area (Å²) >= 11 is 1.22. The molecule has 8 heteroatoms. The number of hydrogen-bond acceptors (Lipinski definition) is 6. The maximum atomic E-state index is 11.8. The molecule has 0 aliphatic heterocycles. The SMILES string of the molecule is CNC(=O)c1c(N)nsc1N(C)Cc1cnn(C)c1. The smallest absolute Gasteiger partial charge is 0.257 e. The Hall–Kier alpha value is -2.09. The van der Waals surface area contributed by atoms with Crippen LogP contribution in [-0.2, 0) is 13.6 Å². The van der Waals surface area contributed by atoms with Gasteiger partial charge >= 0.3 is 0 Å². The average molecular weight is 280 g/mol. The normalized spacial score (nSPS) is 10.5. The fraction of sp³-hybridized carbons (Fsp3) is 0.364. The second-order valence-corrected chi connectivity index (χ2v) is 4.96. The zero-order valence-electron chi connectivity index (χ0n) is 11.0. The first kappa shape index (κ1) is 13.3. The van der Waals surface area contributed by atoms with E-state index in [0.29, 0.717) is 12.1 Å². The van der Waals surface area contributed by atoms with E-state index in [2.05, 4.69) is 14.8 Å². The largest absolute Gasteiger partial charge is 0.382 e. The summed E-state index contributed by atoms with van der Waals surface area (Å²) in [5, 5.41) is 7.44. The summed E-state index contributed by atoms with van der Waals surface area (Å²) in [7, 11) is 5.33. The van der Waals surface area contributed by atoms with Gasteiger partial charge in [-0.2, -0.15) is 9.47 Å². The number of carbonyl (C=O) groups is 1. The Bertz CT molecular complexity index is 590. The van der Waals surface area contributed by atoms with Crippen molar-refractivity contribution in [2.45, 2.75) is 6.54 Å². The molecule has 2 aromatic rings. The number of aromatic nitrogens is 3. The van der Waals surface area contributed by atoms with Crippen molar-refractivity contribution in [1.82, 2.24) is 19.5 Å². The van der Waals surface area contributed by atoms with Crippen LogP contribution in [0.4, 0.5) is 10.8 Å². The Morgan fingerprint density at radius 3 is 2.95 bits per heavy atom. The van der Waals surface area contributed by atoms with Crippen molar-refractivity contribution in [2.75, 3.05) is 24.7 Å². The molecule has 0 saturated carbocycles. The summed E-state index contributed by atoms with van der Waals surface area (Å²) in [4.78, 5) is 13.7. The van der Waals surface area contributed by atoms with Crippen molar-refractivity contribution in [3.05, 3.63) is 23.5 Å². The Kier molecular flexibility index (Phi) is 3.70. The van der Waals surface area contributed by atoms with E-state index in [-0.39, 0.29) is 11.7 Å². The number of nitrogens with one attached hydrogen (secondary N) is 1. The highest BCUT2D eigenvalue weighted by Crippen LogP contribution is 2.30. The highest BCUT2D eigenvalue weighted by Gasteiger charge is 2.21. The maximum absolute atomic E-state index is 11.8. The van der Waals surface area contributed by atoms with Crippen LogP contribution in [0.15, 0.2) is 12.4 Å². The molecule has 0 aliphatic rings. The third-order valence-electron chi connectivity index (χ3n) is 2.68. The third-order valence-corrected chi connectivity index (χ3v) is 3.66. The van der Waals surface area contributed by atoms with E-state index >= 15 is 0 Å². The number of nitrogens with zero attached hydrogens (tertiary/aromatic N) is 4. The van der Waals surface area contributed by atoms with Gasteiger partial charge < -0.3 is 16.0 Å². The van der Waals surface area contributed by atoms with Gasteiger partial charge in [0.05, 0.1) is 6.20 Å². The summed E-state index contributed by atoms with van der Waals surface area (Å²) in [6, 6.07) is 0. The van der Waals surface area contributed by atoms with Crippen LogP contribution in [0.5, 0.6) is 0 Å². The molecule has 0 aromatic carbocycles. The van der Waals surface area contributed by atoms with E-state index in [4.69, 9.17) is 5.73 Å². The van der Waals surface area contributed by atoms with Crippen LogP contribution >= 0.6 is 11.5 Å². The Morgan fingerprint density at radius 2 is 2.37 bits per heavy atom. The van der Waals surface area contributed by atoms with Crippen LogP contribution in [0.2, 0.25) is 0 Å². The third kappa shape index (κ3) is 2.68. The van der Waals surface area contributed by atoms with Crippen LogP contribution in [0, 0.1) is 0 Å². The second kappa shape index (κ2) is 5.27. The fourth-order valence-electron chi connectivity index (χ4n) is 1.79. The molecule has 0 spiro atoms. The van der Waals surface area contributed by atoms with Crippen molar-refractivity contribution < 1.29 is 4.79 Å². The lowest BCUT2D eigenvalue weighted by Gasteiger charge is -2.17.